The molecule has 0 bridgehead atoms. The summed E-state index contributed by atoms with van der Waals surface area (Å²) in [6.07, 6.45) is 3.93. The van der Waals surface area contributed by atoms with Gasteiger partial charge in [-0.15, -0.1) is 0 Å². The van der Waals surface area contributed by atoms with Crippen LogP contribution in [0.2, 0.25) is 0 Å². The zero-order valence-electron chi connectivity index (χ0n) is 13.5. The van der Waals surface area contributed by atoms with Gasteiger partial charge < -0.3 is 10.2 Å². The van der Waals surface area contributed by atoms with Gasteiger partial charge in [-0.05, 0) is 38.0 Å². The maximum absolute atomic E-state index is 4.62. The molecule has 0 aliphatic carbocycles. The number of benzene rings is 1. The summed E-state index contributed by atoms with van der Waals surface area (Å²) in [5.41, 5.74) is 2.98. The Kier molecular flexibility index (Phi) is 5.15. The molecule has 0 amide bonds. The van der Waals surface area contributed by atoms with Crippen molar-refractivity contribution in [1.29, 1.82) is 0 Å². The van der Waals surface area contributed by atoms with Crippen LogP contribution in [0.15, 0.2) is 36.7 Å². The van der Waals surface area contributed by atoms with Crippen LogP contribution in [-0.4, -0.2) is 41.5 Å². The first-order chi connectivity index (χ1) is 11.3. The number of fused-ring (bicyclic) bond motifs is 1. The summed E-state index contributed by atoms with van der Waals surface area (Å²) >= 11 is 1.48. The van der Waals surface area contributed by atoms with Crippen molar-refractivity contribution in [2.24, 2.45) is 0 Å². The van der Waals surface area contributed by atoms with E-state index in [1.807, 2.05) is 25.2 Å². The van der Waals surface area contributed by atoms with Gasteiger partial charge in [-0.3, -0.25) is 0 Å². The van der Waals surface area contributed by atoms with Crippen LogP contribution in [0, 0.1) is 0 Å². The first-order valence-electron chi connectivity index (χ1n) is 7.83. The van der Waals surface area contributed by atoms with Gasteiger partial charge >= 0.3 is 0 Å². The number of unbranched alkanes of at least 4 members (excludes halogenated alkanes) is 1. The standard InChI is InChI=1S/C17H21N5S/c1-18-10-6-7-11-22(2)17-16-15(19-12-20-17)14(21-23-16)13-8-4-3-5-9-13/h3-5,8-9,12,18H,6-7,10-11H2,1-2H3. The third-order valence-corrected chi connectivity index (χ3v) is 4.65. The van der Waals surface area contributed by atoms with Gasteiger partial charge in [0.25, 0.3) is 0 Å². The van der Waals surface area contributed by atoms with E-state index in [2.05, 4.69) is 43.7 Å². The molecule has 0 radical (unpaired) electrons. The van der Waals surface area contributed by atoms with Crippen molar-refractivity contribution in [1.82, 2.24) is 19.7 Å². The Balaban J connectivity index is 1.87. The molecule has 0 aliphatic heterocycles. The normalized spacial score (nSPS) is 11.0. The fraction of sp³-hybridized carbons (Fsp3) is 0.353. The van der Waals surface area contributed by atoms with Gasteiger partial charge in [0, 0.05) is 19.2 Å². The maximum atomic E-state index is 4.62. The quantitative estimate of drug-likeness (QED) is 0.676. The molecule has 0 aliphatic rings. The maximum Gasteiger partial charge on any atom is 0.151 e. The molecule has 0 spiro atoms. The number of aromatic nitrogens is 3. The van der Waals surface area contributed by atoms with Crippen LogP contribution < -0.4 is 10.2 Å². The second-order valence-electron chi connectivity index (χ2n) is 5.50. The van der Waals surface area contributed by atoms with Crippen molar-refractivity contribution in [2.75, 3.05) is 32.1 Å². The van der Waals surface area contributed by atoms with E-state index in [1.165, 1.54) is 11.5 Å². The summed E-state index contributed by atoms with van der Waals surface area (Å²) in [5.74, 6) is 0.971. The van der Waals surface area contributed by atoms with Crippen LogP contribution in [0.4, 0.5) is 5.82 Å². The lowest BCUT2D eigenvalue weighted by Crippen LogP contribution is -2.21. The van der Waals surface area contributed by atoms with Crippen molar-refractivity contribution in [3.05, 3.63) is 36.7 Å². The van der Waals surface area contributed by atoms with E-state index in [0.29, 0.717) is 0 Å². The van der Waals surface area contributed by atoms with E-state index in [9.17, 15) is 0 Å². The summed E-state index contributed by atoms with van der Waals surface area (Å²) in [6.45, 7) is 2.03. The van der Waals surface area contributed by atoms with Crippen molar-refractivity contribution in [3.63, 3.8) is 0 Å². The third-order valence-electron chi connectivity index (χ3n) is 3.82. The summed E-state index contributed by atoms with van der Waals surface area (Å²) in [5, 5.41) is 3.18. The molecule has 0 unspecified atom stereocenters. The zero-order valence-corrected chi connectivity index (χ0v) is 14.3. The molecule has 2 aromatic heterocycles. The van der Waals surface area contributed by atoms with Crippen molar-refractivity contribution in [2.45, 2.75) is 12.8 Å². The molecule has 0 fully saturated rings. The van der Waals surface area contributed by atoms with E-state index in [0.717, 1.165) is 53.2 Å². The smallest absolute Gasteiger partial charge is 0.151 e. The van der Waals surface area contributed by atoms with E-state index < -0.39 is 0 Å². The van der Waals surface area contributed by atoms with E-state index in [-0.39, 0.29) is 0 Å². The molecule has 3 aromatic rings. The highest BCUT2D eigenvalue weighted by atomic mass is 32.1. The van der Waals surface area contributed by atoms with Gasteiger partial charge in [0.15, 0.2) is 5.82 Å². The van der Waals surface area contributed by atoms with Crippen LogP contribution in [-0.2, 0) is 0 Å². The molecular weight excluding hydrogens is 306 g/mol. The van der Waals surface area contributed by atoms with Crippen molar-refractivity contribution >= 4 is 27.6 Å². The van der Waals surface area contributed by atoms with Gasteiger partial charge in [0.1, 0.15) is 22.2 Å². The van der Waals surface area contributed by atoms with Crippen molar-refractivity contribution < 1.29 is 0 Å². The average molecular weight is 327 g/mol. The summed E-state index contributed by atoms with van der Waals surface area (Å²) in [7, 11) is 4.07. The number of nitrogens with zero attached hydrogens (tertiary/aromatic N) is 4. The molecule has 0 atom stereocenters. The average Bonchev–Trinajstić information content (AvgIpc) is 3.03. The van der Waals surface area contributed by atoms with E-state index in [4.69, 9.17) is 0 Å². The number of nitrogens with one attached hydrogen (secondary N) is 1. The fourth-order valence-electron chi connectivity index (χ4n) is 2.57. The number of anilines is 1. The molecule has 0 saturated heterocycles. The molecule has 120 valence electrons. The number of hydrogen-bond donors (Lipinski definition) is 1. The Labute approximate surface area is 140 Å². The van der Waals surface area contributed by atoms with Crippen LogP contribution in [0.1, 0.15) is 12.8 Å². The highest BCUT2D eigenvalue weighted by Gasteiger charge is 2.15. The minimum absolute atomic E-state index is 0.938. The first kappa shape index (κ1) is 15.8. The monoisotopic (exact) mass is 327 g/mol. The van der Waals surface area contributed by atoms with Gasteiger partial charge in [-0.2, -0.15) is 4.37 Å². The lowest BCUT2D eigenvalue weighted by Gasteiger charge is -2.18. The number of rotatable bonds is 7. The largest absolute Gasteiger partial charge is 0.358 e. The molecular formula is C17H21N5S. The highest BCUT2D eigenvalue weighted by Crippen LogP contribution is 2.33. The fourth-order valence-corrected chi connectivity index (χ4v) is 3.47. The molecule has 6 heteroatoms. The molecule has 23 heavy (non-hydrogen) atoms. The topological polar surface area (TPSA) is 53.9 Å². The molecule has 1 aromatic carbocycles. The molecule has 5 nitrogen and oxygen atoms in total. The number of hydrogen-bond acceptors (Lipinski definition) is 6. The van der Waals surface area contributed by atoms with Crippen molar-refractivity contribution in [3.8, 4) is 11.3 Å². The minimum Gasteiger partial charge on any atom is -0.358 e. The Morgan fingerprint density at radius 2 is 1.96 bits per heavy atom. The Bertz CT molecular complexity index is 756. The van der Waals surface area contributed by atoms with Crippen LogP contribution >= 0.6 is 11.5 Å². The zero-order chi connectivity index (χ0) is 16.1. The third kappa shape index (κ3) is 3.48. The second kappa shape index (κ2) is 7.48. The molecule has 2 heterocycles. The van der Waals surface area contributed by atoms with E-state index in [1.54, 1.807) is 6.33 Å². The lowest BCUT2D eigenvalue weighted by molar-refractivity contribution is 0.669. The minimum atomic E-state index is 0.938. The summed E-state index contributed by atoms with van der Waals surface area (Å²) in [6, 6.07) is 10.2. The molecule has 0 saturated carbocycles. The van der Waals surface area contributed by atoms with Gasteiger partial charge in [0.05, 0.1) is 0 Å². The molecule has 1 N–H and O–H groups in total. The van der Waals surface area contributed by atoms with Crippen LogP contribution in [0.3, 0.4) is 0 Å². The van der Waals surface area contributed by atoms with Crippen LogP contribution in [0.5, 0.6) is 0 Å². The Hall–Kier alpha value is -2.05. The predicted octanol–water partition coefficient (Wildman–Crippen LogP) is 3.19. The summed E-state index contributed by atoms with van der Waals surface area (Å²) in [4.78, 5) is 11.2. The SMILES string of the molecule is CNCCCCN(C)c1ncnc2c(-c3ccccc3)nsc12. The molecule has 3 rings (SSSR count). The van der Waals surface area contributed by atoms with Gasteiger partial charge in [0.2, 0.25) is 0 Å². The summed E-state index contributed by atoms with van der Waals surface area (Å²) < 4.78 is 5.68. The van der Waals surface area contributed by atoms with Crippen LogP contribution in [0.25, 0.3) is 21.5 Å². The van der Waals surface area contributed by atoms with E-state index >= 15 is 0 Å². The van der Waals surface area contributed by atoms with Gasteiger partial charge in [-0.1, -0.05) is 30.3 Å². The second-order valence-corrected chi connectivity index (χ2v) is 6.28. The highest BCUT2D eigenvalue weighted by molar-refractivity contribution is 7.14. The van der Waals surface area contributed by atoms with Gasteiger partial charge in [-0.25, -0.2) is 9.97 Å². The lowest BCUT2D eigenvalue weighted by atomic mass is 10.1. The predicted molar refractivity (Wildman–Crippen MR) is 97.1 cm³/mol. The Morgan fingerprint density at radius 3 is 2.74 bits per heavy atom. The Morgan fingerprint density at radius 1 is 1.13 bits per heavy atom. The first-order valence-corrected chi connectivity index (χ1v) is 8.60.